The molecule has 2 N–H and O–H groups in total. The molecular weight excluding hydrogens is 470 g/mol. The van der Waals surface area contributed by atoms with Crippen molar-refractivity contribution < 1.29 is 17.9 Å². The number of rotatable bonds is 6. The number of benzene rings is 1. The highest BCUT2D eigenvalue weighted by molar-refractivity contribution is 7.71. The number of amides is 1. The van der Waals surface area contributed by atoms with Gasteiger partial charge in [-0.25, -0.2) is 9.97 Å². The van der Waals surface area contributed by atoms with E-state index >= 15 is 0 Å². The Kier molecular flexibility index (Phi) is 6.77. The van der Waals surface area contributed by atoms with Crippen LogP contribution in [0.3, 0.4) is 0 Å². The van der Waals surface area contributed by atoms with E-state index in [-0.39, 0.29) is 0 Å². The van der Waals surface area contributed by atoms with E-state index in [1.807, 2.05) is 33.8 Å². The van der Waals surface area contributed by atoms with Crippen LogP contribution in [0.4, 0.5) is 5.82 Å². The molecule has 12 heteroatoms. The third-order valence-electron chi connectivity index (χ3n) is 6.27. The van der Waals surface area contributed by atoms with Gasteiger partial charge < -0.3 is 19.8 Å². The van der Waals surface area contributed by atoms with Crippen LogP contribution in [0.15, 0.2) is 36.7 Å². The Morgan fingerprint density at radius 3 is 2.37 bits per heavy atom. The first kappa shape index (κ1) is 23.4. The lowest BCUT2D eigenvalue weighted by atomic mass is 10.1. The number of hydrogen-bond acceptors (Lipinski definition) is 8. The zero-order valence-corrected chi connectivity index (χ0v) is 20.0. The number of aromatic nitrogens is 3. The number of carbonyl (C=O) groups excluding carboxylic acids is 1. The maximum Gasteiger partial charge on any atom is 0.248 e. The van der Waals surface area contributed by atoms with Crippen LogP contribution >= 0.6 is 0 Å². The predicted octanol–water partition coefficient (Wildman–Crippen LogP) is 0.0882. The Labute approximate surface area is 204 Å². The molecule has 1 aromatic carbocycles. The van der Waals surface area contributed by atoms with E-state index in [0.29, 0.717) is 38.4 Å². The van der Waals surface area contributed by atoms with Crippen molar-refractivity contribution >= 4 is 33.2 Å². The zero-order valence-electron chi connectivity index (χ0n) is 19.2. The van der Waals surface area contributed by atoms with Crippen LogP contribution < -0.4 is 10.6 Å². The number of morpholine rings is 1. The number of imidazole rings is 1. The number of carbonyl (C=O) groups is 1. The number of nitrogens with two attached hydrogens (primary N) is 1. The molecule has 2 aliphatic heterocycles. The minimum Gasteiger partial charge on any atom is -0.378 e. The van der Waals surface area contributed by atoms with Crippen molar-refractivity contribution in [1.29, 1.82) is 0 Å². The van der Waals surface area contributed by atoms with Crippen molar-refractivity contribution in [3.05, 3.63) is 47.9 Å². The summed E-state index contributed by atoms with van der Waals surface area (Å²) in [5.74, 6) is 0.335. The van der Waals surface area contributed by atoms with Gasteiger partial charge in [-0.2, -0.15) is 8.42 Å². The van der Waals surface area contributed by atoms with Crippen molar-refractivity contribution in [2.24, 2.45) is 5.73 Å². The molecular formula is C23H27N7O4S. The minimum absolute atomic E-state index is 0.451. The Morgan fingerprint density at radius 1 is 1.00 bits per heavy atom. The van der Waals surface area contributed by atoms with E-state index in [1.165, 1.54) is 5.49 Å². The van der Waals surface area contributed by atoms with E-state index < -0.39 is 16.2 Å². The van der Waals surface area contributed by atoms with Gasteiger partial charge >= 0.3 is 0 Å². The van der Waals surface area contributed by atoms with Gasteiger partial charge in [0.2, 0.25) is 16.2 Å². The average molecular weight is 498 g/mol. The Hall–Kier alpha value is -3.32. The normalized spacial score (nSPS) is 17.5. The first-order chi connectivity index (χ1) is 17.0. The molecule has 2 aromatic heterocycles. The fourth-order valence-electron chi connectivity index (χ4n) is 4.42. The third-order valence-corrected chi connectivity index (χ3v) is 6.74. The van der Waals surface area contributed by atoms with Crippen molar-refractivity contribution in [2.45, 2.75) is 6.54 Å². The van der Waals surface area contributed by atoms with E-state index in [1.54, 1.807) is 12.1 Å². The summed E-state index contributed by atoms with van der Waals surface area (Å²) < 4.78 is 29.4. The molecule has 184 valence electrons. The van der Waals surface area contributed by atoms with Gasteiger partial charge in [-0.1, -0.05) is 12.1 Å². The molecule has 0 atom stereocenters. The highest BCUT2D eigenvalue weighted by atomic mass is 32.2. The van der Waals surface area contributed by atoms with Gasteiger partial charge in [-0.3, -0.25) is 14.6 Å². The fourth-order valence-corrected chi connectivity index (χ4v) is 4.87. The van der Waals surface area contributed by atoms with E-state index in [0.717, 1.165) is 54.6 Å². The molecule has 35 heavy (non-hydrogen) atoms. The molecule has 0 spiro atoms. The van der Waals surface area contributed by atoms with Crippen LogP contribution in [0.1, 0.15) is 16.1 Å². The summed E-state index contributed by atoms with van der Waals surface area (Å²) in [6.07, 6.45) is 3.97. The molecule has 3 aromatic rings. The number of anilines is 1. The molecule has 0 saturated carbocycles. The highest BCUT2D eigenvalue weighted by Gasteiger charge is 2.21. The second-order valence-corrected chi connectivity index (χ2v) is 9.36. The Bertz CT molecular complexity index is 1350. The van der Waals surface area contributed by atoms with Crippen LogP contribution in [0.5, 0.6) is 0 Å². The smallest absolute Gasteiger partial charge is 0.248 e. The molecule has 0 aliphatic carbocycles. The second-order valence-electron chi connectivity index (χ2n) is 8.63. The maximum absolute atomic E-state index is 11.5. The summed E-state index contributed by atoms with van der Waals surface area (Å²) in [6.45, 7) is 6.23. The van der Waals surface area contributed by atoms with Crippen LogP contribution in [0.25, 0.3) is 16.9 Å². The maximum atomic E-state index is 11.5. The number of piperazine rings is 1. The number of nitrogens with zero attached hydrogens (tertiary/aromatic N) is 6. The molecule has 4 heterocycles. The van der Waals surface area contributed by atoms with Gasteiger partial charge in [-0.15, -0.1) is 0 Å². The van der Waals surface area contributed by atoms with Crippen LogP contribution in [0.2, 0.25) is 0 Å². The monoisotopic (exact) mass is 497 g/mol. The number of fused-ring (bicyclic) bond motifs is 1. The number of ether oxygens (including phenoxy) is 1. The van der Waals surface area contributed by atoms with Gasteiger partial charge in [-0.05, 0) is 12.1 Å². The first-order valence-corrected chi connectivity index (χ1v) is 12.6. The molecule has 11 nitrogen and oxygen atoms in total. The van der Waals surface area contributed by atoms with Crippen LogP contribution in [-0.2, 0) is 21.6 Å². The van der Waals surface area contributed by atoms with Crippen molar-refractivity contribution in [3.8, 4) is 11.3 Å². The van der Waals surface area contributed by atoms with Gasteiger partial charge in [0.15, 0.2) is 11.5 Å². The average Bonchev–Trinajstić information content (AvgIpc) is 3.27. The minimum atomic E-state index is -2.18. The van der Waals surface area contributed by atoms with Crippen molar-refractivity contribution in [3.63, 3.8) is 0 Å². The zero-order chi connectivity index (χ0) is 24.4. The molecule has 2 fully saturated rings. The third kappa shape index (κ3) is 5.35. The number of hydrogen-bond donors (Lipinski definition) is 1. The Balaban J connectivity index is 1.44. The summed E-state index contributed by atoms with van der Waals surface area (Å²) in [6, 6.07) is 7.11. The summed E-state index contributed by atoms with van der Waals surface area (Å²) >= 11 is 0. The largest absolute Gasteiger partial charge is 0.378 e. The standard InChI is InChI=1S/C23H27N7O4S/c24-21(31)18-3-1-17(2-4-18)20-15-30-14-19(13-27-5-7-28(8-6-27)16-35(32)33)25-22(30)23(26-20)29-9-11-34-12-10-29/h1-4,14-16H,5-13H2,(H2,24,31). The molecule has 2 aliphatic rings. The molecule has 0 unspecified atom stereocenters. The summed E-state index contributed by atoms with van der Waals surface area (Å²) in [4.78, 5) is 27.6. The topological polar surface area (TPSA) is 126 Å². The van der Waals surface area contributed by atoms with Crippen molar-refractivity contribution in [2.75, 3.05) is 57.4 Å². The van der Waals surface area contributed by atoms with Gasteiger partial charge in [0.05, 0.1) is 24.6 Å². The fraction of sp³-hybridized carbons (Fsp3) is 0.391. The molecule has 0 bridgehead atoms. The molecule has 0 radical (unpaired) electrons. The lowest BCUT2D eigenvalue weighted by Crippen LogP contribution is -2.45. The first-order valence-electron chi connectivity index (χ1n) is 11.5. The predicted molar refractivity (Wildman–Crippen MR) is 132 cm³/mol. The lowest BCUT2D eigenvalue weighted by molar-refractivity contribution is 0.1000. The molecule has 1 amide bonds. The van der Waals surface area contributed by atoms with Gasteiger partial charge in [0.1, 0.15) is 5.49 Å². The van der Waals surface area contributed by atoms with Crippen LogP contribution in [-0.4, -0.2) is 96.5 Å². The second kappa shape index (κ2) is 10.1. The van der Waals surface area contributed by atoms with Crippen LogP contribution in [0, 0.1) is 0 Å². The van der Waals surface area contributed by atoms with Gasteiger partial charge in [0, 0.05) is 69.3 Å². The quantitative estimate of drug-likeness (QED) is 0.472. The van der Waals surface area contributed by atoms with Gasteiger partial charge in [0.25, 0.3) is 0 Å². The van der Waals surface area contributed by atoms with Crippen molar-refractivity contribution in [1.82, 2.24) is 24.2 Å². The molecule has 5 rings (SSSR count). The lowest BCUT2D eigenvalue weighted by Gasteiger charge is -2.31. The summed E-state index contributed by atoms with van der Waals surface area (Å²) in [7, 11) is -2.18. The van der Waals surface area contributed by atoms with E-state index in [2.05, 4.69) is 9.80 Å². The number of primary amides is 1. The van der Waals surface area contributed by atoms with E-state index in [4.69, 9.17) is 20.4 Å². The molecule has 2 saturated heterocycles. The highest BCUT2D eigenvalue weighted by Crippen LogP contribution is 2.26. The summed E-state index contributed by atoms with van der Waals surface area (Å²) in [5.41, 5.74) is 10.4. The Morgan fingerprint density at radius 2 is 1.71 bits per heavy atom. The van der Waals surface area contributed by atoms with E-state index in [9.17, 15) is 13.2 Å². The summed E-state index contributed by atoms with van der Waals surface area (Å²) in [5, 5.41) is 0. The SMILES string of the molecule is NC(=O)c1ccc(-c2cn3cc(CN4CCN(C=S(=O)=O)CC4)nc3c(N3CCOCC3)n2)cc1.